The van der Waals surface area contributed by atoms with Gasteiger partial charge in [-0.1, -0.05) is 12.1 Å². The Morgan fingerprint density at radius 3 is 2.35 bits per heavy atom. The van der Waals surface area contributed by atoms with Crippen molar-refractivity contribution >= 4 is 17.5 Å². The molecule has 5 nitrogen and oxygen atoms in total. The van der Waals surface area contributed by atoms with Crippen molar-refractivity contribution in [3.05, 3.63) is 29.8 Å². The quantitative estimate of drug-likeness (QED) is 0.876. The Bertz CT molecular complexity index is 587. The molecule has 0 atom stereocenters. The predicted octanol–water partition coefficient (Wildman–Crippen LogP) is 2.44. The number of aliphatic hydroxyl groups is 1. The summed E-state index contributed by atoms with van der Waals surface area (Å²) in [4.78, 5) is 25.7. The second-order valence-corrected chi connectivity index (χ2v) is 6.77. The van der Waals surface area contributed by atoms with Crippen molar-refractivity contribution in [2.45, 2.75) is 63.6 Å². The van der Waals surface area contributed by atoms with E-state index in [1.165, 1.54) is 0 Å². The van der Waals surface area contributed by atoms with Crippen molar-refractivity contribution in [3.8, 4) is 0 Å². The Morgan fingerprint density at radius 2 is 1.83 bits per heavy atom. The van der Waals surface area contributed by atoms with Crippen LogP contribution < -0.4 is 5.32 Å². The minimum Gasteiger partial charge on any atom is -0.380 e. The van der Waals surface area contributed by atoms with Gasteiger partial charge in [0.2, 0.25) is 5.91 Å². The van der Waals surface area contributed by atoms with E-state index in [1.54, 1.807) is 6.92 Å². The first-order chi connectivity index (χ1) is 11.0. The van der Waals surface area contributed by atoms with Gasteiger partial charge in [0.1, 0.15) is 5.60 Å². The fourth-order valence-electron chi connectivity index (χ4n) is 3.21. The first-order valence-electron chi connectivity index (χ1n) is 8.38. The fourth-order valence-corrected chi connectivity index (χ4v) is 3.21. The van der Waals surface area contributed by atoms with E-state index in [0.29, 0.717) is 31.1 Å². The number of anilines is 1. The Labute approximate surface area is 136 Å². The zero-order valence-electron chi connectivity index (χ0n) is 13.5. The van der Waals surface area contributed by atoms with Crippen LogP contribution >= 0.6 is 0 Å². The number of benzene rings is 1. The number of nitrogens with one attached hydrogen (secondary N) is 1. The molecule has 5 heteroatoms. The molecule has 124 valence electrons. The molecule has 0 heterocycles. The summed E-state index contributed by atoms with van der Waals surface area (Å²) in [6.45, 7) is 2.22. The van der Waals surface area contributed by atoms with E-state index in [9.17, 15) is 14.7 Å². The highest BCUT2D eigenvalue weighted by Gasteiger charge is 2.38. The lowest BCUT2D eigenvalue weighted by molar-refractivity contribution is -0.133. The second kappa shape index (κ2) is 6.32. The van der Waals surface area contributed by atoms with Crippen LogP contribution in [-0.4, -0.2) is 33.5 Å². The average molecular weight is 316 g/mol. The zero-order valence-corrected chi connectivity index (χ0v) is 13.5. The van der Waals surface area contributed by atoms with Gasteiger partial charge in [0.25, 0.3) is 5.91 Å². The molecule has 2 aliphatic carbocycles. The lowest BCUT2D eigenvalue weighted by Gasteiger charge is -2.22. The van der Waals surface area contributed by atoms with E-state index < -0.39 is 5.60 Å². The van der Waals surface area contributed by atoms with Gasteiger partial charge in [-0.25, -0.2) is 0 Å². The minimum absolute atomic E-state index is 0.105. The zero-order chi connectivity index (χ0) is 16.4. The molecular formula is C18H24N2O3. The normalized spacial score (nSPS) is 19.4. The molecule has 0 radical (unpaired) electrons. The fraction of sp³-hybridized carbons (Fsp3) is 0.556. The summed E-state index contributed by atoms with van der Waals surface area (Å²) in [5.74, 6) is -0.209. The number of rotatable bonds is 5. The monoisotopic (exact) mass is 316 g/mol. The van der Waals surface area contributed by atoms with Gasteiger partial charge in [-0.2, -0.15) is 0 Å². The highest BCUT2D eigenvalue weighted by Crippen LogP contribution is 2.31. The van der Waals surface area contributed by atoms with Crippen LogP contribution in [0, 0.1) is 0 Å². The molecule has 0 bridgehead atoms. The molecule has 0 unspecified atom stereocenters. The van der Waals surface area contributed by atoms with Gasteiger partial charge in [-0.3, -0.25) is 9.59 Å². The van der Waals surface area contributed by atoms with Gasteiger partial charge in [-0.15, -0.1) is 0 Å². The van der Waals surface area contributed by atoms with Gasteiger partial charge in [0.15, 0.2) is 0 Å². The Kier molecular flexibility index (Phi) is 4.39. The van der Waals surface area contributed by atoms with Gasteiger partial charge in [0.05, 0.1) is 0 Å². The number of carbonyl (C=O) groups is 2. The molecule has 2 saturated carbocycles. The van der Waals surface area contributed by atoms with E-state index in [2.05, 4.69) is 5.32 Å². The molecule has 0 saturated heterocycles. The lowest BCUT2D eigenvalue weighted by atomic mass is 10.0. The van der Waals surface area contributed by atoms with Gasteiger partial charge in [0, 0.05) is 25.2 Å². The van der Waals surface area contributed by atoms with Crippen molar-refractivity contribution in [3.63, 3.8) is 0 Å². The van der Waals surface area contributed by atoms with E-state index in [4.69, 9.17) is 0 Å². The van der Waals surface area contributed by atoms with Gasteiger partial charge >= 0.3 is 0 Å². The van der Waals surface area contributed by atoms with E-state index in [-0.39, 0.29) is 11.8 Å². The minimum atomic E-state index is -1.21. The Balaban J connectivity index is 1.60. The van der Waals surface area contributed by atoms with E-state index >= 15 is 0 Å². The molecule has 2 amide bonds. The summed E-state index contributed by atoms with van der Waals surface area (Å²) in [6, 6.07) is 7.90. The summed E-state index contributed by atoms with van der Waals surface area (Å²) in [6.07, 6.45) is 5.03. The van der Waals surface area contributed by atoms with E-state index in [1.807, 2.05) is 29.2 Å². The van der Waals surface area contributed by atoms with Crippen LogP contribution in [0.3, 0.4) is 0 Å². The summed E-state index contributed by atoms with van der Waals surface area (Å²) < 4.78 is 0. The second-order valence-electron chi connectivity index (χ2n) is 6.77. The van der Waals surface area contributed by atoms with Crippen molar-refractivity contribution in [2.75, 3.05) is 5.32 Å². The van der Waals surface area contributed by atoms with Crippen LogP contribution in [-0.2, 0) is 16.1 Å². The van der Waals surface area contributed by atoms with Gasteiger partial charge < -0.3 is 15.3 Å². The number of carbonyl (C=O) groups excluding carboxylic acids is 2. The van der Waals surface area contributed by atoms with Crippen molar-refractivity contribution in [2.24, 2.45) is 0 Å². The summed E-state index contributed by atoms with van der Waals surface area (Å²) in [5.41, 5.74) is 0.514. The third kappa shape index (κ3) is 3.72. The number of hydrogen-bond acceptors (Lipinski definition) is 3. The maximum absolute atomic E-state index is 12.2. The molecule has 2 fully saturated rings. The van der Waals surface area contributed by atoms with E-state index in [0.717, 1.165) is 31.2 Å². The molecule has 23 heavy (non-hydrogen) atoms. The van der Waals surface area contributed by atoms with Crippen molar-refractivity contribution in [1.29, 1.82) is 0 Å². The molecule has 2 aliphatic rings. The van der Waals surface area contributed by atoms with Crippen LogP contribution in [0.5, 0.6) is 0 Å². The maximum atomic E-state index is 12.2. The predicted molar refractivity (Wildman–Crippen MR) is 87.7 cm³/mol. The lowest BCUT2D eigenvalue weighted by Crippen LogP contribution is -2.40. The third-order valence-electron chi connectivity index (χ3n) is 4.81. The standard InChI is InChI=1S/C18H24N2O3/c1-13(21)20(16-8-9-16)12-14-4-6-15(7-5-14)19-17(22)18(23)10-2-3-11-18/h4-7,16,23H,2-3,8-12H2,1H3,(H,19,22). The first-order valence-corrected chi connectivity index (χ1v) is 8.38. The number of nitrogens with zero attached hydrogens (tertiary/aromatic N) is 1. The molecule has 0 spiro atoms. The van der Waals surface area contributed by atoms with Crippen LogP contribution in [0.4, 0.5) is 5.69 Å². The van der Waals surface area contributed by atoms with Crippen molar-refractivity contribution in [1.82, 2.24) is 4.90 Å². The Hall–Kier alpha value is -1.88. The molecule has 1 aromatic carbocycles. The van der Waals surface area contributed by atoms with Crippen LogP contribution in [0.1, 0.15) is 51.0 Å². The maximum Gasteiger partial charge on any atom is 0.256 e. The van der Waals surface area contributed by atoms with Crippen LogP contribution in [0.2, 0.25) is 0 Å². The molecule has 0 aliphatic heterocycles. The summed E-state index contributed by atoms with van der Waals surface area (Å²) in [5, 5.41) is 13.1. The van der Waals surface area contributed by atoms with Gasteiger partial charge in [-0.05, 0) is 56.2 Å². The highest BCUT2D eigenvalue weighted by atomic mass is 16.3. The summed E-state index contributed by atoms with van der Waals surface area (Å²) in [7, 11) is 0. The number of hydrogen-bond donors (Lipinski definition) is 2. The SMILES string of the molecule is CC(=O)N(Cc1ccc(NC(=O)C2(O)CCCC2)cc1)C1CC1. The topological polar surface area (TPSA) is 69.6 Å². The van der Waals surface area contributed by atoms with Crippen LogP contribution in [0.25, 0.3) is 0 Å². The summed E-state index contributed by atoms with van der Waals surface area (Å²) >= 11 is 0. The molecule has 2 N–H and O–H groups in total. The highest BCUT2D eigenvalue weighted by molar-refractivity contribution is 5.97. The largest absolute Gasteiger partial charge is 0.380 e. The third-order valence-corrected chi connectivity index (χ3v) is 4.81. The molecule has 0 aromatic heterocycles. The average Bonchev–Trinajstić information content (AvgIpc) is 3.26. The van der Waals surface area contributed by atoms with Crippen molar-refractivity contribution < 1.29 is 14.7 Å². The van der Waals surface area contributed by atoms with Crippen LogP contribution in [0.15, 0.2) is 24.3 Å². The smallest absolute Gasteiger partial charge is 0.256 e. The molecule has 3 rings (SSSR count). The Morgan fingerprint density at radius 1 is 1.22 bits per heavy atom. The number of amides is 2. The first kappa shape index (κ1) is 16.0. The molecule has 1 aromatic rings. The molecular weight excluding hydrogens is 292 g/mol.